The average molecular weight is 271 g/mol. The second-order valence-electron chi connectivity index (χ2n) is 3.97. The maximum Gasteiger partial charge on any atom is 0.357 e. The predicted octanol–water partition coefficient (Wildman–Crippen LogP) is 2.03. The van der Waals surface area contributed by atoms with Crippen molar-refractivity contribution in [1.29, 1.82) is 5.26 Å². The van der Waals surface area contributed by atoms with Crippen molar-refractivity contribution in [1.82, 2.24) is 4.98 Å². The fourth-order valence-electron chi connectivity index (χ4n) is 1.50. The second kappa shape index (κ2) is 5.80. The van der Waals surface area contributed by atoms with Crippen LogP contribution in [0.5, 0.6) is 0 Å². The average Bonchev–Trinajstić information content (AvgIpc) is 2.47. The summed E-state index contributed by atoms with van der Waals surface area (Å²) in [7, 11) is 0. The zero-order valence-corrected chi connectivity index (χ0v) is 10.3. The van der Waals surface area contributed by atoms with Gasteiger partial charge in [0.1, 0.15) is 18.1 Å². The predicted molar refractivity (Wildman–Crippen MR) is 68.9 cm³/mol. The van der Waals surface area contributed by atoms with E-state index in [0.29, 0.717) is 11.3 Å². The van der Waals surface area contributed by atoms with Crippen LogP contribution in [-0.2, 0) is 11.3 Å². The van der Waals surface area contributed by atoms with Gasteiger partial charge in [0.15, 0.2) is 0 Å². The van der Waals surface area contributed by atoms with E-state index in [4.69, 9.17) is 15.7 Å². The normalized spacial score (nSPS) is 9.80. The van der Waals surface area contributed by atoms with Crippen LogP contribution < -0.4 is 5.73 Å². The number of carbonyl (C=O) groups excluding carboxylic acids is 1. The fourth-order valence-corrected chi connectivity index (χ4v) is 1.50. The van der Waals surface area contributed by atoms with E-state index >= 15 is 0 Å². The smallest absolute Gasteiger partial charge is 0.357 e. The molecule has 2 aromatic rings. The molecule has 0 aliphatic carbocycles. The first-order chi connectivity index (χ1) is 9.60. The zero-order chi connectivity index (χ0) is 14.5. The SMILES string of the molecule is N#Cc1ccc(F)c(COC(=O)c2ccc(N)cn2)c1. The summed E-state index contributed by atoms with van der Waals surface area (Å²) in [5.74, 6) is -1.23. The number of hydrogen-bond donors (Lipinski definition) is 1. The van der Waals surface area contributed by atoms with Crippen molar-refractivity contribution in [2.75, 3.05) is 5.73 Å². The van der Waals surface area contributed by atoms with Crippen molar-refractivity contribution in [3.63, 3.8) is 0 Å². The molecule has 5 nitrogen and oxygen atoms in total. The number of anilines is 1. The molecule has 2 N–H and O–H groups in total. The van der Waals surface area contributed by atoms with E-state index < -0.39 is 11.8 Å². The maximum atomic E-state index is 13.5. The van der Waals surface area contributed by atoms with Crippen molar-refractivity contribution in [2.45, 2.75) is 6.61 Å². The van der Waals surface area contributed by atoms with E-state index in [-0.39, 0.29) is 17.9 Å². The third-order valence-corrected chi connectivity index (χ3v) is 2.53. The molecule has 0 unspecified atom stereocenters. The number of esters is 1. The van der Waals surface area contributed by atoms with Crippen LogP contribution in [0.15, 0.2) is 36.5 Å². The summed E-state index contributed by atoms with van der Waals surface area (Å²) in [6.45, 7) is -0.272. The third kappa shape index (κ3) is 3.09. The van der Waals surface area contributed by atoms with Gasteiger partial charge in [-0.05, 0) is 30.3 Å². The third-order valence-electron chi connectivity index (χ3n) is 2.53. The highest BCUT2D eigenvalue weighted by Crippen LogP contribution is 2.12. The van der Waals surface area contributed by atoms with Gasteiger partial charge < -0.3 is 10.5 Å². The topological polar surface area (TPSA) is 89.0 Å². The van der Waals surface area contributed by atoms with Crippen LogP contribution in [0.1, 0.15) is 21.6 Å². The molecule has 100 valence electrons. The van der Waals surface area contributed by atoms with Gasteiger partial charge in [-0.1, -0.05) is 0 Å². The van der Waals surface area contributed by atoms with E-state index in [2.05, 4.69) is 4.98 Å². The number of ether oxygens (including phenoxy) is 1. The van der Waals surface area contributed by atoms with Crippen molar-refractivity contribution in [3.05, 3.63) is 59.2 Å². The molecule has 1 aromatic heterocycles. The summed E-state index contributed by atoms with van der Waals surface area (Å²) in [6, 6.07) is 8.66. The summed E-state index contributed by atoms with van der Waals surface area (Å²) < 4.78 is 18.4. The minimum Gasteiger partial charge on any atom is -0.456 e. The number of hydrogen-bond acceptors (Lipinski definition) is 5. The molecule has 0 bridgehead atoms. The lowest BCUT2D eigenvalue weighted by Gasteiger charge is -2.06. The van der Waals surface area contributed by atoms with Gasteiger partial charge in [-0.15, -0.1) is 0 Å². The van der Waals surface area contributed by atoms with Gasteiger partial charge in [0, 0.05) is 5.56 Å². The van der Waals surface area contributed by atoms with E-state index in [0.717, 1.165) is 6.07 Å². The number of aromatic nitrogens is 1. The molecule has 20 heavy (non-hydrogen) atoms. The molecular weight excluding hydrogens is 261 g/mol. The summed E-state index contributed by atoms with van der Waals surface area (Å²) in [5, 5.41) is 8.73. The minimum atomic E-state index is -0.688. The summed E-state index contributed by atoms with van der Waals surface area (Å²) in [6.07, 6.45) is 1.33. The standard InChI is InChI=1S/C14H10FN3O2/c15-12-3-1-9(6-16)5-10(12)8-20-14(19)13-4-2-11(17)7-18-13/h1-5,7H,8,17H2. The van der Waals surface area contributed by atoms with Gasteiger partial charge in [0.25, 0.3) is 0 Å². The summed E-state index contributed by atoms with van der Waals surface area (Å²) in [5.41, 5.74) is 6.38. The van der Waals surface area contributed by atoms with Crippen molar-refractivity contribution in [2.24, 2.45) is 0 Å². The molecule has 1 heterocycles. The molecule has 0 saturated heterocycles. The Hall–Kier alpha value is -2.94. The number of pyridine rings is 1. The minimum absolute atomic E-state index is 0.0797. The van der Waals surface area contributed by atoms with Crippen LogP contribution in [0.4, 0.5) is 10.1 Å². The van der Waals surface area contributed by atoms with Gasteiger partial charge in [-0.25, -0.2) is 14.2 Å². The molecule has 2 rings (SSSR count). The Morgan fingerprint density at radius 1 is 1.40 bits per heavy atom. The van der Waals surface area contributed by atoms with Crippen LogP contribution in [0.25, 0.3) is 0 Å². The van der Waals surface area contributed by atoms with Crippen molar-refractivity contribution < 1.29 is 13.9 Å². The van der Waals surface area contributed by atoms with Crippen LogP contribution >= 0.6 is 0 Å². The quantitative estimate of drug-likeness (QED) is 0.863. The highest BCUT2D eigenvalue weighted by molar-refractivity contribution is 5.87. The molecule has 1 aromatic carbocycles. The van der Waals surface area contributed by atoms with E-state index in [1.54, 1.807) is 0 Å². The van der Waals surface area contributed by atoms with Crippen LogP contribution in [0.2, 0.25) is 0 Å². The monoisotopic (exact) mass is 271 g/mol. The molecule has 6 heteroatoms. The molecule has 0 spiro atoms. The van der Waals surface area contributed by atoms with Crippen molar-refractivity contribution in [3.8, 4) is 6.07 Å². The van der Waals surface area contributed by atoms with Crippen LogP contribution in [-0.4, -0.2) is 11.0 Å². The number of benzene rings is 1. The first-order valence-electron chi connectivity index (χ1n) is 5.67. The molecule has 0 amide bonds. The number of halogens is 1. The Labute approximate surface area is 114 Å². The Kier molecular flexibility index (Phi) is 3.91. The molecule has 0 aliphatic heterocycles. The Balaban J connectivity index is 2.07. The summed E-state index contributed by atoms with van der Waals surface area (Å²) in [4.78, 5) is 15.5. The molecule has 0 aliphatic rings. The van der Waals surface area contributed by atoms with Gasteiger partial charge in [0.2, 0.25) is 0 Å². The lowest BCUT2D eigenvalue weighted by molar-refractivity contribution is 0.0462. The number of nitrogens with two attached hydrogens (primary N) is 1. The van der Waals surface area contributed by atoms with Gasteiger partial charge in [-0.2, -0.15) is 5.26 Å². The molecular formula is C14H10FN3O2. The first-order valence-corrected chi connectivity index (χ1v) is 5.67. The highest BCUT2D eigenvalue weighted by atomic mass is 19.1. The van der Waals surface area contributed by atoms with Crippen LogP contribution in [0, 0.1) is 17.1 Å². The van der Waals surface area contributed by atoms with E-state index in [9.17, 15) is 9.18 Å². The number of nitrogens with zero attached hydrogens (tertiary/aromatic N) is 2. The molecule has 0 fully saturated rings. The molecule has 0 atom stereocenters. The largest absolute Gasteiger partial charge is 0.456 e. The number of nitriles is 1. The van der Waals surface area contributed by atoms with Gasteiger partial charge in [-0.3, -0.25) is 0 Å². The summed E-state index contributed by atoms with van der Waals surface area (Å²) >= 11 is 0. The molecule has 0 radical (unpaired) electrons. The Bertz CT molecular complexity index is 678. The maximum absolute atomic E-state index is 13.5. The Morgan fingerprint density at radius 2 is 2.20 bits per heavy atom. The lowest BCUT2D eigenvalue weighted by atomic mass is 10.1. The first kappa shape index (κ1) is 13.5. The fraction of sp³-hybridized carbons (Fsp3) is 0.0714. The van der Waals surface area contributed by atoms with Gasteiger partial charge in [0.05, 0.1) is 23.5 Å². The van der Waals surface area contributed by atoms with Crippen molar-refractivity contribution >= 4 is 11.7 Å². The number of nitrogen functional groups attached to an aromatic ring is 1. The number of rotatable bonds is 3. The zero-order valence-electron chi connectivity index (χ0n) is 10.3. The Morgan fingerprint density at radius 3 is 2.85 bits per heavy atom. The lowest BCUT2D eigenvalue weighted by Crippen LogP contribution is -2.08. The van der Waals surface area contributed by atoms with E-state index in [1.807, 2.05) is 6.07 Å². The number of carbonyl (C=O) groups is 1. The highest BCUT2D eigenvalue weighted by Gasteiger charge is 2.11. The van der Waals surface area contributed by atoms with Crippen LogP contribution in [0.3, 0.4) is 0 Å². The van der Waals surface area contributed by atoms with E-state index in [1.165, 1.54) is 30.5 Å². The second-order valence-corrected chi connectivity index (χ2v) is 3.97. The molecule has 0 saturated carbocycles. The van der Waals surface area contributed by atoms with Gasteiger partial charge >= 0.3 is 5.97 Å².